The van der Waals surface area contributed by atoms with Crippen LogP contribution in [0.1, 0.15) is 26.7 Å². The number of ether oxygens (including phenoxy) is 2. The second-order valence-corrected chi connectivity index (χ2v) is 12.1. The van der Waals surface area contributed by atoms with E-state index in [2.05, 4.69) is 13.8 Å². The molecule has 0 aromatic carbocycles. The highest BCUT2D eigenvalue weighted by Gasteiger charge is 2.41. The molecule has 0 aliphatic carbocycles. The van der Waals surface area contributed by atoms with Crippen molar-refractivity contribution in [1.82, 2.24) is 0 Å². The first-order valence-corrected chi connectivity index (χ1v) is 11.2. The summed E-state index contributed by atoms with van der Waals surface area (Å²) in [6, 6.07) is 3.65. The van der Waals surface area contributed by atoms with Crippen molar-refractivity contribution < 1.29 is 9.47 Å². The fraction of sp³-hybridized carbons (Fsp3) is 0.867. The summed E-state index contributed by atoms with van der Waals surface area (Å²) in [6.45, 7) is 4.25. The van der Waals surface area contributed by atoms with E-state index in [1.165, 1.54) is 24.9 Å². The molecule has 2 unspecified atom stereocenters. The van der Waals surface area contributed by atoms with Crippen molar-refractivity contribution in [3.63, 3.8) is 0 Å². The van der Waals surface area contributed by atoms with E-state index in [0.717, 1.165) is 23.3 Å². The van der Waals surface area contributed by atoms with E-state index in [0.29, 0.717) is 5.92 Å². The topological polar surface area (TPSA) is 43.2 Å². The van der Waals surface area contributed by atoms with Crippen LogP contribution in [0.2, 0.25) is 18.1 Å². The highest BCUT2D eigenvalue weighted by atomic mass is 35.5. The van der Waals surface area contributed by atoms with Crippen LogP contribution in [-0.4, -0.2) is 51.7 Å². The zero-order valence-electron chi connectivity index (χ0n) is 13.6. The molecule has 0 spiro atoms. The van der Waals surface area contributed by atoms with E-state index in [9.17, 15) is 0 Å². The molecule has 21 heavy (non-hydrogen) atoms. The lowest BCUT2D eigenvalue weighted by Gasteiger charge is -2.32. The van der Waals surface area contributed by atoms with Crippen molar-refractivity contribution in [2.75, 3.05) is 19.7 Å². The number of methoxy groups -OCH3 is 2. The number of aliphatic imine (C=N–C) groups is 2. The first-order chi connectivity index (χ1) is 10.0. The van der Waals surface area contributed by atoms with Crippen molar-refractivity contribution in [3.8, 4) is 0 Å². The Hall–Kier alpha value is -0.553. The Morgan fingerprint density at radius 2 is 1.76 bits per heavy atom. The van der Waals surface area contributed by atoms with E-state index in [4.69, 9.17) is 31.1 Å². The Morgan fingerprint density at radius 1 is 1.14 bits per heavy atom. The first kappa shape index (κ1) is 16.8. The molecule has 2 rings (SSSR count). The molecule has 0 amide bonds. The van der Waals surface area contributed by atoms with Crippen molar-refractivity contribution in [2.45, 2.75) is 56.9 Å². The molecule has 2 aliphatic heterocycles. The molecule has 0 bridgehead atoms. The molecule has 2 atom stereocenters. The van der Waals surface area contributed by atoms with Crippen LogP contribution >= 0.6 is 11.6 Å². The molecule has 2 heterocycles. The third-order valence-corrected chi connectivity index (χ3v) is 11.1. The summed E-state index contributed by atoms with van der Waals surface area (Å²) in [7, 11) is 1.98. The monoisotopic (exact) mass is 330 g/mol. The fourth-order valence-electron chi connectivity index (χ4n) is 3.42. The average molecular weight is 331 g/mol. The van der Waals surface area contributed by atoms with Crippen LogP contribution in [0.25, 0.3) is 0 Å². The van der Waals surface area contributed by atoms with E-state index in [1.54, 1.807) is 14.2 Å². The number of hydrogen-bond acceptors (Lipinski definition) is 4. The number of halogens is 1. The summed E-state index contributed by atoms with van der Waals surface area (Å²) in [6.07, 6.45) is 2.64. The van der Waals surface area contributed by atoms with Crippen LogP contribution in [0, 0.1) is 5.92 Å². The largest absolute Gasteiger partial charge is 0.483 e. The van der Waals surface area contributed by atoms with Crippen LogP contribution in [0.3, 0.4) is 0 Å². The maximum Gasteiger partial charge on any atom is 0.209 e. The molecule has 0 N–H and O–H groups in total. The van der Waals surface area contributed by atoms with E-state index >= 15 is 0 Å². The second kappa shape index (κ2) is 7.14. The molecule has 0 aromatic rings. The van der Waals surface area contributed by atoms with Gasteiger partial charge in [-0.25, -0.2) is 9.98 Å². The minimum atomic E-state index is -1.40. The van der Waals surface area contributed by atoms with Gasteiger partial charge in [-0.1, -0.05) is 38.8 Å². The Kier molecular flexibility index (Phi) is 5.71. The number of rotatable bonds is 4. The zero-order valence-corrected chi connectivity index (χ0v) is 15.3. The summed E-state index contributed by atoms with van der Waals surface area (Å²) in [5.74, 6) is 1.85. The van der Waals surface area contributed by atoms with Gasteiger partial charge in [0.1, 0.15) is 12.1 Å². The Bertz CT molecular complexity index is 420. The molecule has 2 aliphatic rings. The molecular formula is C15H27ClN2O2Si. The zero-order chi connectivity index (χ0) is 15.5. The van der Waals surface area contributed by atoms with Gasteiger partial charge < -0.3 is 9.47 Å². The number of nitrogens with zero attached hydrogens (tertiary/aromatic N) is 2. The maximum absolute atomic E-state index is 6.33. The summed E-state index contributed by atoms with van der Waals surface area (Å²) in [4.78, 5) is 9.59. The third kappa shape index (κ3) is 3.62. The van der Waals surface area contributed by atoms with Gasteiger partial charge in [-0.15, -0.1) is 11.6 Å². The SMILES string of the molecule is COC1=NC(C(C)C)C(OC)=NC1C[Si]1(CCl)CCCC1. The number of alkyl halides is 1. The predicted octanol–water partition coefficient (Wildman–Crippen LogP) is 3.50. The second-order valence-electron chi connectivity index (χ2n) is 6.59. The van der Waals surface area contributed by atoms with Gasteiger partial charge in [-0.2, -0.15) is 0 Å². The van der Waals surface area contributed by atoms with Crippen LogP contribution in [0.15, 0.2) is 9.98 Å². The molecule has 120 valence electrons. The van der Waals surface area contributed by atoms with Crippen LogP contribution < -0.4 is 0 Å². The Morgan fingerprint density at radius 3 is 2.24 bits per heavy atom. The maximum atomic E-state index is 6.33. The number of hydrogen-bond donors (Lipinski definition) is 0. The molecule has 1 saturated heterocycles. The highest BCUT2D eigenvalue weighted by molar-refractivity contribution is 6.86. The quantitative estimate of drug-likeness (QED) is 0.585. The average Bonchev–Trinajstić information content (AvgIpc) is 2.95. The van der Waals surface area contributed by atoms with Crippen LogP contribution in [0.5, 0.6) is 0 Å². The summed E-state index contributed by atoms with van der Waals surface area (Å²) >= 11 is 6.33. The van der Waals surface area contributed by atoms with E-state index < -0.39 is 8.07 Å². The first-order valence-electron chi connectivity index (χ1n) is 7.84. The Labute approximate surface area is 134 Å². The van der Waals surface area contributed by atoms with Gasteiger partial charge in [-0.05, 0) is 12.0 Å². The third-order valence-electron chi connectivity index (χ3n) is 4.71. The normalized spacial score (nSPS) is 28.3. The summed E-state index contributed by atoms with van der Waals surface area (Å²) in [5.41, 5.74) is 0.825. The van der Waals surface area contributed by atoms with Crippen molar-refractivity contribution >= 4 is 31.5 Å². The minimum absolute atomic E-state index is 0.00321. The van der Waals surface area contributed by atoms with Gasteiger partial charge in [0.2, 0.25) is 11.8 Å². The van der Waals surface area contributed by atoms with E-state index in [1.807, 2.05) is 0 Å². The Balaban J connectivity index is 2.21. The smallest absolute Gasteiger partial charge is 0.209 e. The van der Waals surface area contributed by atoms with Crippen molar-refractivity contribution in [1.29, 1.82) is 0 Å². The standard InChI is InChI=1S/C15H27ClN2O2Si/c1-11(2)13-15(20-4)17-12(14(18-13)19-3)9-21(10-16)7-5-6-8-21/h11-13H,5-10H2,1-4H3. The van der Waals surface area contributed by atoms with Crippen molar-refractivity contribution in [3.05, 3.63) is 0 Å². The van der Waals surface area contributed by atoms with Gasteiger partial charge in [-0.3, -0.25) is 0 Å². The highest BCUT2D eigenvalue weighted by Crippen LogP contribution is 2.37. The van der Waals surface area contributed by atoms with Gasteiger partial charge in [0.05, 0.1) is 22.3 Å². The summed E-state index contributed by atoms with van der Waals surface area (Å²) < 4.78 is 11.0. The predicted molar refractivity (Wildman–Crippen MR) is 91.4 cm³/mol. The lowest BCUT2D eigenvalue weighted by molar-refractivity contribution is 0.335. The van der Waals surface area contributed by atoms with Gasteiger partial charge in [0.15, 0.2) is 0 Å². The summed E-state index contributed by atoms with van der Waals surface area (Å²) in [5, 5.41) is 0. The fourth-order valence-corrected chi connectivity index (χ4v) is 8.67. The van der Waals surface area contributed by atoms with Gasteiger partial charge in [0.25, 0.3) is 0 Å². The minimum Gasteiger partial charge on any atom is -0.483 e. The molecular weight excluding hydrogens is 304 g/mol. The molecule has 1 fully saturated rings. The molecule has 0 radical (unpaired) electrons. The van der Waals surface area contributed by atoms with Gasteiger partial charge in [0, 0.05) is 5.50 Å². The molecule has 6 heteroatoms. The van der Waals surface area contributed by atoms with Crippen LogP contribution in [-0.2, 0) is 9.47 Å². The molecule has 0 saturated carbocycles. The molecule has 4 nitrogen and oxygen atoms in total. The van der Waals surface area contributed by atoms with Crippen LogP contribution in [0.4, 0.5) is 0 Å². The van der Waals surface area contributed by atoms with Crippen molar-refractivity contribution in [2.24, 2.45) is 15.9 Å². The lowest BCUT2D eigenvalue weighted by atomic mass is 10.0. The molecule has 0 aromatic heterocycles. The lowest BCUT2D eigenvalue weighted by Crippen LogP contribution is -2.43. The van der Waals surface area contributed by atoms with E-state index in [-0.39, 0.29) is 12.1 Å². The van der Waals surface area contributed by atoms with Gasteiger partial charge >= 0.3 is 0 Å².